The van der Waals surface area contributed by atoms with E-state index in [9.17, 15) is 20.4 Å². The second-order valence-electron chi connectivity index (χ2n) is 7.94. The summed E-state index contributed by atoms with van der Waals surface area (Å²) in [6, 6.07) is 21.9. The van der Waals surface area contributed by atoms with Crippen LogP contribution in [0.4, 0.5) is 0 Å². The normalized spacial score (nSPS) is 10.4. The monoisotopic (exact) mass is 428 g/mol. The highest BCUT2D eigenvalue weighted by molar-refractivity contribution is 5.73. The molecule has 4 aromatic rings. The van der Waals surface area contributed by atoms with Crippen LogP contribution in [-0.2, 0) is 0 Å². The van der Waals surface area contributed by atoms with Crippen LogP contribution in [0.2, 0.25) is 0 Å². The van der Waals surface area contributed by atoms with Gasteiger partial charge >= 0.3 is 0 Å². The molecule has 164 valence electrons. The number of aryl methyl sites for hydroxylation is 4. The molecule has 0 atom stereocenters. The molecule has 4 N–H and O–H groups in total. The molecule has 0 aromatic heterocycles. The maximum absolute atomic E-state index is 9.95. The summed E-state index contributed by atoms with van der Waals surface area (Å²) in [6.07, 6.45) is 0. The average Bonchev–Trinajstić information content (AvgIpc) is 2.77. The molecule has 32 heavy (non-hydrogen) atoms. The van der Waals surface area contributed by atoms with Crippen molar-refractivity contribution < 1.29 is 20.4 Å². The Hall–Kier alpha value is -3.92. The Labute approximate surface area is 188 Å². The summed E-state index contributed by atoms with van der Waals surface area (Å²) in [5.41, 5.74) is 6.72. The maximum atomic E-state index is 9.95. The molecule has 0 aliphatic heterocycles. The third-order valence-corrected chi connectivity index (χ3v) is 5.49. The van der Waals surface area contributed by atoms with E-state index in [1.165, 1.54) is 0 Å². The third-order valence-electron chi connectivity index (χ3n) is 5.49. The van der Waals surface area contributed by atoms with E-state index in [0.717, 1.165) is 44.5 Å². The molecule has 4 heteroatoms. The first-order chi connectivity index (χ1) is 15.2. The molecule has 0 radical (unpaired) electrons. The van der Waals surface area contributed by atoms with Crippen molar-refractivity contribution in [1.82, 2.24) is 0 Å². The Morgan fingerprint density at radius 2 is 0.812 bits per heavy atom. The Balaban J connectivity index is 0.000000181. The van der Waals surface area contributed by atoms with Crippen LogP contribution in [-0.4, -0.2) is 20.4 Å². The number of benzene rings is 4. The lowest BCUT2D eigenvalue weighted by molar-refractivity contribution is 0.470. The number of phenols is 4. The molecular weight excluding hydrogens is 400 g/mol. The molecule has 0 aliphatic carbocycles. The number of aromatic hydroxyl groups is 4. The lowest BCUT2D eigenvalue weighted by Crippen LogP contribution is -1.83. The molecular formula is C28H28O4. The van der Waals surface area contributed by atoms with E-state index in [2.05, 4.69) is 0 Å². The maximum Gasteiger partial charge on any atom is 0.126 e. The van der Waals surface area contributed by atoms with Crippen molar-refractivity contribution >= 4 is 0 Å². The highest BCUT2D eigenvalue weighted by Crippen LogP contribution is 2.34. The van der Waals surface area contributed by atoms with Crippen LogP contribution in [0, 0.1) is 27.7 Å². The van der Waals surface area contributed by atoms with Gasteiger partial charge in [0, 0.05) is 11.1 Å². The first-order valence-electron chi connectivity index (χ1n) is 10.4. The van der Waals surface area contributed by atoms with Crippen molar-refractivity contribution in [3.8, 4) is 45.3 Å². The molecule has 0 saturated heterocycles. The van der Waals surface area contributed by atoms with E-state index in [4.69, 9.17) is 0 Å². The Bertz CT molecular complexity index is 1160. The first-order valence-corrected chi connectivity index (χ1v) is 10.4. The van der Waals surface area contributed by atoms with Gasteiger partial charge in [0.1, 0.15) is 23.0 Å². The van der Waals surface area contributed by atoms with Crippen molar-refractivity contribution in [2.45, 2.75) is 27.7 Å². The van der Waals surface area contributed by atoms with Gasteiger partial charge in [-0.15, -0.1) is 0 Å². The topological polar surface area (TPSA) is 80.9 Å². The van der Waals surface area contributed by atoms with Crippen LogP contribution in [0.25, 0.3) is 22.3 Å². The second kappa shape index (κ2) is 9.48. The Morgan fingerprint density at radius 1 is 0.438 bits per heavy atom. The zero-order chi connectivity index (χ0) is 23.4. The van der Waals surface area contributed by atoms with Crippen molar-refractivity contribution in [2.24, 2.45) is 0 Å². The molecule has 0 unspecified atom stereocenters. The highest BCUT2D eigenvalue weighted by Gasteiger charge is 2.08. The van der Waals surface area contributed by atoms with E-state index in [0.29, 0.717) is 11.5 Å². The van der Waals surface area contributed by atoms with Gasteiger partial charge < -0.3 is 20.4 Å². The van der Waals surface area contributed by atoms with E-state index in [1.807, 2.05) is 76.2 Å². The third kappa shape index (κ3) is 4.86. The predicted octanol–water partition coefficient (Wildman–Crippen LogP) is 6.76. The van der Waals surface area contributed by atoms with Gasteiger partial charge in [0.25, 0.3) is 0 Å². The molecule has 0 fully saturated rings. The number of phenolic OH excluding ortho intramolecular Hbond substituents is 4. The van der Waals surface area contributed by atoms with Crippen molar-refractivity contribution in [1.29, 1.82) is 0 Å². The minimum atomic E-state index is 0.274. The fraction of sp³-hybridized carbons (Fsp3) is 0.143. The summed E-state index contributed by atoms with van der Waals surface area (Å²) in [6.45, 7) is 7.41. The summed E-state index contributed by atoms with van der Waals surface area (Å²) in [5.74, 6) is 1.15. The van der Waals surface area contributed by atoms with E-state index >= 15 is 0 Å². The fourth-order valence-electron chi connectivity index (χ4n) is 3.43. The minimum Gasteiger partial charge on any atom is -0.508 e. The molecule has 0 bridgehead atoms. The minimum absolute atomic E-state index is 0.274. The van der Waals surface area contributed by atoms with E-state index in [1.54, 1.807) is 24.3 Å². The zero-order valence-corrected chi connectivity index (χ0v) is 18.7. The Morgan fingerprint density at radius 3 is 1.16 bits per heavy atom. The molecule has 4 nitrogen and oxygen atoms in total. The zero-order valence-electron chi connectivity index (χ0n) is 18.7. The second-order valence-corrected chi connectivity index (χ2v) is 7.94. The van der Waals surface area contributed by atoms with E-state index < -0.39 is 0 Å². The van der Waals surface area contributed by atoms with E-state index in [-0.39, 0.29) is 11.5 Å². The highest BCUT2D eigenvalue weighted by atomic mass is 16.3. The number of para-hydroxylation sites is 2. The smallest absolute Gasteiger partial charge is 0.126 e. The molecule has 0 saturated carbocycles. The average molecular weight is 429 g/mol. The summed E-state index contributed by atoms with van der Waals surface area (Å²) < 4.78 is 0. The summed E-state index contributed by atoms with van der Waals surface area (Å²) in [7, 11) is 0. The molecule has 0 heterocycles. The predicted molar refractivity (Wildman–Crippen MR) is 129 cm³/mol. The van der Waals surface area contributed by atoms with Gasteiger partial charge in [-0.3, -0.25) is 0 Å². The fourth-order valence-corrected chi connectivity index (χ4v) is 3.43. The lowest BCUT2D eigenvalue weighted by atomic mass is 10.00. The summed E-state index contributed by atoms with van der Waals surface area (Å²) in [5, 5.41) is 38.8. The molecule has 0 amide bonds. The van der Waals surface area contributed by atoms with Crippen LogP contribution >= 0.6 is 0 Å². The SMILES string of the molecule is Cc1cc(-c2cccc(C)c2O)ccc1O.Cc1cc(-c2cccc(C)c2O)ccc1O. The van der Waals surface area contributed by atoms with Gasteiger partial charge in [-0.05, 0) is 85.3 Å². The molecule has 4 rings (SSSR count). The Kier molecular flexibility index (Phi) is 6.74. The largest absolute Gasteiger partial charge is 0.508 e. The van der Waals surface area contributed by atoms with Crippen LogP contribution < -0.4 is 0 Å². The van der Waals surface area contributed by atoms with Crippen molar-refractivity contribution in [3.05, 3.63) is 95.1 Å². The lowest BCUT2D eigenvalue weighted by Gasteiger charge is -2.08. The summed E-state index contributed by atoms with van der Waals surface area (Å²) >= 11 is 0. The van der Waals surface area contributed by atoms with Gasteiger partial charge in [0.2, 0.25) is 0 Å². The van der Waals surface area contributed by atoms with Crippen molar-refractivity contribution in [3.63, 3.8) is 0 Å². The van der Waals surface area contributed by atoms with Gasteiger partial charge in [-0.2, -0.15) is 0 Å². The van der Waals surface area contributed by atoms with Gasteiger partial charge in [0.15, 0.2) is 0 Å². The molecule has 0 aliphatic rings. The quantitative estimate of drug-likeness (QED) is 0.284. The van der Waals surface area contributed by atoms with Gasteiger partial charge in [-0.25, -0.2) is 0 Å². The van der Waals surface area contributed by atoms with Crippen LogP contribution in [0.15, 0.2) is 72.8 Å². The van der Waals surface area contributed by atoms with Crippen LogP contribution in [0.5, 0.6) is 23.0 Å². The van der Waals surface area contributed by atoms with Crippen LogP contribution in [0.1, 0.15) is 22.3 Å². The van der Waals surface area contributed by atoms with Crippen molar-refractivity contribution in [2.75, 3.05) is 0 Å². The number of hydrogen-bond donors (Lipinski definition) is 4. The standard InChI is InChI=1S/2C14H14O2/c2*1-9-4-3-5-12(14(9)16)11-6-7-13(15)10(2)8-11/h2*3-8,15-16H,1-2H3. The summed E-state index contributed by atoms with van der Waals surface area (Å²) in [4.78, 5) is 0. The van der Waals surface area contributed by atoms with Gasteiger partial charge in [-0.1, -0.05) is 48.5 Å². The van der Waals surface area contributed by atoms with Crippen LogP contribution in [0.3, 0.4) is 0 Å². The first kappa shape index (κ1) is 22.8. The van der Waals surface area contributed by atoms with Gasteiger partial charge in [0.05, 0.1) is 0 Å². The molecule has 0 spiro atoms. The number of hydrogen-bond acceptors (Lipinski definition) is 4. The molecule has 4 aromatic carbocycles. The number of rotatable bonds is 2.